The van der Waals surface area contributed by atoms with Crippen molar-refractivity contribution in [3.05, 3.63) is 59.6 Å². The molecule has 2 aromatic carbocycles. The molecule has 3 rings (SSSR count). The van der Waals surface area contributed by atoms with Crippen LogP contribution in [0.1, 0.15) is 89.5 Å². The van der Waals surface area contributed by atoms with Gasteiger partial charge in [-0.2, -0.15) is 4.57 Å². The predicted molar refractivity (Wildman–Crippen MR) is 163 cm³/mol. The van der Waals surface area contributed by atoms with Crippen molar-refractivity contribution in [3.8, 4) is 22.1 Å². The highest BCUT2D eigenvalue weighted by atomic mass is 35.5. The highest BCUT2D eigenvalue weighted by Gasteiger charge is 2.13. The molecule has 220 valence electrons. The molecule has 0 fully saturated rings. The lowest BCUT2D eigenvalue weighted by molar-refractivity contribution is -0.655. The summed E-state index contributed by atoms with van der Waals surface area (Å²) in [6, 6.07) is 13.7. The van der Waals surface area contributed by atoms with Crippen molar-refractivity contribution in [2.24, 2.45) is 7.05 Å². The summed E-state index contributed by atoms with van der Waals surface area (Å²) in [7, 11) is 3.69. The number of carbonyl (C=O) groups is 1. The molecule has 0 aliphatic rings. The molecule has 1 amide bonds. The quantitative estimate of drug-likeness (QED) is 0.149. The summed E-state index contributed by atoms with van der Waals surface area (Å²) in [4.78, 5) is 12.8. The summed E-state index contributed by atoms with van der Waals surface area (Å²) in [5, 5.41) is 6.27. The second kappa shape index (κ2) is 19.5. The number of nitrogens with zero attached hydrogens (tertiary/aromatic N) is 1. The average molecular weight is 587 g/mol. The van der Waals surface area contributed by atoms with Gasteiger partial charge in [-0.25, -0.2) is 0 Å². The molecule has 1 N–H and O–H groups in total. The average Bonchev–Trinajstić information content (AvgIpc) is 3.38. The van der Waals surface area contributed by atoms with Gasteiger partial charge in [0.15, 0.2) is 6.20 Å². The van der Waals surface area contributed by atoms with Gasteiger partial charge in [-0.05, 0) is 36.8 Å². The van der Waals surface area contributed by atoms with Crippen molar-refractivity contribution in [2.45, 2.75) is 90.4 Å². The van der Waals surface area contributed by atoms with Gasteiger partial charge in [-0.1, -0.05) is 95.0 Å². The first-order valence-electron chi connectivity index (χ1n) is 14.7. The van der Waals surface area contributed by atoms with E-state index in [-0.39, 0.29) is 24.7 Å². The maximum absolute atomic E-state index is 12.8. The van der Waals surface area contributed by atoms with E-state index in [9.17, 15) is 4.79 Å². The molecule has 0 bridgehead atoms. The summed E-state index contributed by atoms with van der Waals surface area (Å²) in [5.74, 6) is 1.40. The summed E-state index contributed by atoms with van der Waals surface area (Å²) >= 11 is 1.70. The van der Waals surface area contributed by atoms with Gasteiger partial charge in [0.2, 0.25) is 5.91 Å². The van der Waals surface area contributed by atoms with E-state index in [1.54, 1.807) is 18.4 Å². The van der Waals surface area contributed by atoms with Gasteiger partial charge in [0, 0.05) is 17.3 Å². The number of amides is 1. The molecule has 0 spiro atoms. The number of thiazole rings is 1. The highest BCUT2D eigenvalue weighted by molar-refractivity contribution is 7.12. The van der Waals surface area contributed by atoms with Crippen molar-refractivity contribution < 1.29 is 31.2 Å². The van der Waals surface area contributed by atoms with E-state index in [1.165, 1.54) is 75.6 Å². The van der Waals surface area contributed by atoms with Crippen molar-refractivity contribution in [2.75, 3.05) is 19.0 Å². The molecule has 0 unspecified atom stereocenters. The molecule has 5 nitrogen and oxygen atoms in total. The van der Waals surface area contributed by atoms with E-state index in [0.29, 0.717) is 6.61 Å². The predicted octanol–water partition coefficient (Wildman–Crippen LogP) is 5.51. The molecule has 0 saturated heterocycles. The summed E-state index contributed by atoms with van der Waals surface area (Å²) in [6.07, 6.45) is 18.1. The Balaban J connectivity index is 0.00000560. The van der Waals surface area contributed by atoms with Gasteiger partial charge in [0.1, 0.15) is 18.5 Å². The van der Waals surface area contributed by atoms with E-state index < -0.39 is 0 Å². The molecule has 0 radical (unpaired) electrons. The Bertz CT molecular complexity index is 1120. The first kappa shape index (κ1) is 33.6. The van der Waals surface area contributed by atoms with E-state index in [0.717, 1.165) is 34.7 Å². The van der Waals surface area contributed by atoms with E-state index in [1.807, 2.05) is 55.7 Å². The van der Waals surface area contributed by atoms with Crippen LogP contribution in [0, 0.1) is 0 Å². The van der Waals surface area contributed by atoms with Crippen LogP contribution >= 0.6 is 11.3 Å². The van der Waals surface area contributed by atoms with Gasteiger partial charge in [-0.3, -0.25) is 4.79 Å². The number of unbranched alkanes of at least 4 members (excludes halogenated alkanes) is 11. The zero-order valence-corrected chi connectivity index (χ0v) is 26.1. The third-order valence-electron chi connectivity index (χ3n) is 7.08. The fourth-order valence-corrected chi connectivity index (χ4v) is 5.62. The lowest BCUT2D eigenvalue weighted by Crippen LogP contribution is -3.00. The normalized spacial score (nSPS) is 10.7. The van der Waals surface area contributed by atoms with Gasteiger partial charge in [0.25, 0.3) is 5.01 Å². The van der Waals surface area contributed by atoms with Gasteiger partial charge < -0.3 is 27.2 Å². The number of aromatic nitrogens is 1. The molecule has 1 aromatic heterocycles. The third kappa shape index (κ3) is 11.9. The molecular weight excluding hydrogens is 540 g/mol. The number of nitrogens with one attached hydrogen (secondary N) is 1. The number of hydrogen-bond acceptors (Lipinski definition) is 4. The lowest BCUT2D eigenvalue weighted by Gasteiger charge is -2.13. The topological polar surface area (TPSA) is 51.4 Å². The molecule has 0 aliphatic carbocycles. The molecule has 1 heterocycles. The van der Waals surface area contributed by atoms with Crippen LogP contribution in [0.5, 0.6) is 11.5 Å². The van der Waals surface area contributed by atoms with Crippen LogP contribution in [0.25, 0.3) is 10.6 Å². The van der Waals surface area contributed by atoms with Crippen LogP contribution in [0.3, 0.4) is 0 Å². The Kier molecular flexibility index (Phi) is 16.4. The SMILES string of the molecule is CCCCCCCCCCCCCCOc1cc(OC)ccc1CC(=O)Nc1ccc(-c2scc[n+]2C)cc1.[Cl-]. The van der Waals surface area contributed by atoms with Crippen molar-refractivity contribution in [1.29, 1.82) is 0 Å². The Morgan fingerprint density at radius 2 is 1.50 bits per heavy atom. The highest BCUT2D eigenvalue weighted by Crippen LogP contribution is 2.27. The van der Waals surface area contributed by atoms with Gasteiger partial charge >= 0.3 is 0 Å². The van der Waals surface area contributed by atoms with E-state index in [4.69, 9.17) is 9.47 Å². The minimum Gasteiger partial charge on any atom is -1.00 e. The monoisotopic (exact) mass is 586 g/mol. The summed E-state index contributed by atoms with van der Waals surface area (Å²) < 4.78 is 13.6. The largest absolute Gasteiger partial charge is 1.00 e. The number of halogens is 1. The number of ether oxygens (including phenoxy) is 2. The number of hydrogen-bond donors (Lipinski definition) is 1. The second-order valence-electron chi connectivity index (χ2n) is 10.3. The maximum Gasteiger partial charge on any atom is 0.268 e. The number of carbonyl (C=O) groups excluding carboxylic acids is 1. The third-order valence-corrected chi connectivity index (χ3v) is 8.09. The fraction of sp³-hybridized carbons (Fsp3) is 0.515. The first-order valence-corrected chi connectivity index (χ1v) is 15.6. The second-order valence-corrected chi connectivity index (χ2v) is 11.2. The molecule has 0 saturated carbocycles. The zero-order chi connectivity index (χ0) is 27.7. The van der Waals surface area contributed by atoms with Crippen LogP contribution in [0.15, 0.2) is 54.0 Å². The molecule has 3 aromatic rings. The van der Waals surface area contributed by atoms with E-state index in [2.05, 4.69) is 22.2 Å². The summed E-state index contributed by atoms with van der Waals surface area (Å²) in [6.45, 7) is 2.93. The van der Waals surface area contributed by atoms with E-state index >= 15 is 0 Å². The number of rotatable bonds is 19. The standard InChI is InChI=1S/C33H46N2O3S.ClH/c1-4-5-6-7-8-9-10-11-12-13-14-15-23-38-31-26-30(37-3)21-18-28(31)25-32(36)34-29-19-16-27(17-20-29)33-35(2)22-24-39-33;/h16-22,24,26H,4-15,23,25H2,1-3H3;1H. The number of anilines is 1. The van der Waals surface area contributed by atoms with Crippen LogP contribution in [0.4, 0.5) is 5.69 Å². The van der Waals surface area contributed by atoms with Crippen LogP contribution in [0.2, 0.25) is 0 Å². The van der Waals surface area contributed by atoms with Crippen LogP contribution in [-0.4, -0.2) is 19.6 Å². The summed E-state index contributed by atoms with van der Waals surface area (Å²) in [5.41, 5.74) is 2.79. The number of methoxy groups -OCH3 is 1. The Morgan fingerprint density at radius 1 is 0.875 bits per heavy atom. The maximum atomic E-state index is 12.8. The molecular formula is C33H47ClN2O3S. The Hall–Kier alpha value is -2.57. The minimum atomic E-state index is -0.0650. The Morgan fingerprint density at radius 3 is 2.08 bits per heavy atom. The van der Waals surface area contributed by atoms with Crippen LogP contribution in [-0.2, 0) is 18.3 Å². The van der Waals surface area contributed by atoms with Crippen molar-refractivity contribution in [3.63, 3.8) is 0 Å². The zero-order valence-electron chi connectivity index (χ0n) is 24.6. The molecule has 0 aliphatic heterocycles. The number of benzene rings is 2. The number of aryl methyl sites for hydroxylation is 1. The van der Waals surface area contributed by atoms with Crippen molar-refractivity contribution >= 4 is 22.9 Å². The van der Waals surface area contributed by atoms with Crippen molar-refractivity contribution in [1.82, 2.24) is 0 Å². The Labute approximate surface area is 251 Å². The van der Waals surface area contributed by atoms with Gasteiger partial charge in [-0.15, -0.1) is 0 Å². The van der Waals surface area contributed by atoms with Crippen LogP contribution < -0.4 is 31.8 Å². The smallest absolute Gasteiger partial charge is 0.268 e. The molecule has 7 heteroatoms. The first-order chi connectivity index (χ1) is 19.1. The fourth-order valence-electron chi connectivity index (χ4n) is 4.75. The molecule has 40 heavy (non-hydrogen) atoms. The molecule has 0 atom stereocenters. The minimum absolute atomic E-state index is 0. The van der Waals surface area contributed by atoms with Gasteiger partial charge in [0.05, 0.1) is 31.1 Å². The lowest BCUT2D eigenvalue weighted by atomic mass is 10.1.